The molecule has 0 saturated carbocycles. The van der Waals surface area contributed by atoms with Gasteiger partial charge in [0, 0.05) is 0 Å². The Bertz CT molecular complexity index is 569. The van der Waals surface area contributed by atoms with Crippen molar-refractivity contribution in [1.29, 1.82) is 0 Å². The molecule has 1 aromatic heterocycles. The minimum Gasteiger partial charge on any atom is -0.462 e. The number of ether oxygens (including phenoxy) is 1. The number of rotatable bonds is 4. The lowest BCUT2D eigenvalue weighted by atomic mass is 10.1. The van der Waals surface area contributed by atoms with Gasteiger partial charge in [0.1, 0.15) is 23.9 Å². The third-order valence-electron chi connectivity index (χ3n) is 2.62. The monoisotopic (exact) mass is 323 g/mol. The van der Waals surface area contributed by atoms with Crippen LogP contribution in [0.4, 0.5) is 13.2 Å². The lowest BCUT2D eigenvalue weighted by Crippen LogP contribution is -2.17. The molecule has 0 aliphatic heterocycles. The summed E-state index contributed by atoms with van der Waals surface area (Å²) >= 11 is 0. The number of nitrogens with two attached hydrogens (primary N) is 1. The van der Waals surface area contributed by atoms with E-state index in [2.05, 4.69) is 4.74 Å². The van der Waals surface area contributed by atoms with E-state index in [0.29, 0.717) is 17.1 Å². The lowest BCUT2D eigenvalue weighted by Gasteiger charge is -2.12. The standard InChI is InChI=1S/C13H12F3NO3.ClH/c14-13(15,16)20-9-3-1-8(2-4-9)12(17)11-6-5-10(7-18)19-11;/h1-6,12,18H,7,17H2;1H/t12-;/m0./s1. The smallest absolute Gasteiger partial charge is 0.462 e. The predicted molar refractivity (Wildman–Crippen MR) is 71.0 cm³/mol. The van der Waals surface area contributed by atoms with E-state index in [1.54, 1.807) is 12.1 Å². The van der Waals surface area contributed by atoms with Gasteiger partial charge in [-0.05, 0) is 29.8 Å². The molecule has 0 fully saturated rings. The first-order chi connectivity index (χ1) is 9.39. The highest BCUT2D eigenvalue weighted by molar-refractivity contribution is 5.85. The molecule has 2 rings (SSSR count). The van der Waals surface area contributed by atoms with Crippen LogP contribution in [-0.2, 0) is 6.61 Å². The van der Waals surface area contributed by atoms with Crippen LogP contribution in [0.1, 0.15) is 23.1 Å². The SMILES string of the molecule is Cl.N[C@@H](c1ccc(OC(F)(F)F)cc1)c1ccc(CO)o1. The Kier molecular flexibility index (Phi) is 5.65. The number of hydrogen-bond donors (Lipinski definition) is 2. The van der Waals surface area contributed by atoms with Crippen molar-refractivity contribution in [3.8, 4) is 5.75 Å². The van der Waals surface area contributed by atoms with E-state index in [9.17, 15) is 13.2 Å². The molecule has 0 radical (unpaired) electrons. The van der Waals surface area contributed by atoms with Crippen molar-refractivity contribution in [3.63, 3.8) is 0 Å². The molecule has 1 aromatic carbocycles. The van der Waals surface area contributed by atoms with Crippen molar-refractivity contribution in [2.75, 3.05) is 0 Å². The normalized spacial score (nSPS) is 12.6. The van der Waals surface area contributed by atoms with E-state index in [0.717, 1.165) is 0 Å². The van der Waals surface area contributed by atoms with Gasteiger partial charge in [-0.15, -0.1) is 25.6 Å². The van der Waals surface area contributed by atoms with Gasteiger partial charge in [-0.3, -0.25) is 0 Å². The third kappa shape index (κ3) is 4.66. The van der Waals surface area contributed by atoms with E-state index in [1.807, 2.05) is 0 Å². The molecule has 0 spiro atoms. The van der Waals surface area contributed by atoms with Crippen molar-refractivity contribution >= 4 is 12.4 Å². The van der Waals surface area contributed by atoms with Crippen LogP contribution >= 0.6 is 12.4 Å². The van der Waals surface area contributed by atoms with E-state index in [1.165, 1.54) is 24.3 Å². The predicted octanol–water partition coefficient (Wildman–Crippen LogP) is 3.14. The molecule has 0 bridgehead atoms. The number of furan rings is 1. The zero-order chi connectivity index (χ0) is 14.8. The average molecular weight is 324 g/mol. The zero-order valence-electron chi connectivity index (χ0n) is 10.6. The summed E-state index contributed by atoms with van der Waals surface area (Å²) in [7, 11) is 0. The molecule has 0 aliphatic rings. The highest BCUT2D eigenvalue weighted by atomic mass is 35.5. The molecule has 0 unspecified atom stereocenters. The van der Waals surface area contributed by atoms with Gasteiger partial charge in [0.2, 0.25) is 0 Å². The molecule has 1 heterocycles. The van der Waals surface area contributed by atoms with Gasteiger partial charge < -0.3 is 20.0 Å². The molecular weight excluding hydrogens is 311 g/mol. The Labute approximate surface area is 124 Å². The van der Waals surface area contributed by atoms with Crippen molar-refractivity contribution in [1.82, 2.24) is 0 Å². The lowest BCUT2D eigenvalue weighted by molar-refractivity contribution is -0.274. The van der Waals surface area contributed by atoms with Crippen LogP contribution in [0.25, 0.3) is 0 Å². The quantitative estimate of drug-likeness (QED) is 0.907. The Morgan fingerprint density at radius 3 is 2.24 bits per heavy atom. The fourth-order valence-electron chi connectivity index (χ4n) is 1.69. The Hall–Kier alpha value is -1.70. The van der Waals surface area contributed by atoms with Gasteiger partial charge in [-0.2, -0.15) is 0 Å². The number of alkyl halides is 3. The second-order valence-corrected chi connectivity index (χ2v) is 4.06. The van der Waals surface area contributed by atoms with Crippen molar-refractivity contribution in [3.05, 3.63) is 53.5 Å². The Morgan fingerprint density at radius 1 is 1.14 bits per heavy atom. The summed E-state index contributed by atoms with van der Waals surface area (Å²) in [6, 6.07) is 7.76. The summed E-state index contributed by atoms with van der Waals surface area (Å²) in [6.07, 6.45) is -4.72. The van der Waals surface area contributed by atoms with Gasteiger partial charge in [0.25, 0.3) is 0 Å². The molecule has 8 heteroatoms. The van der Waals surface area contributed by atoms with E-state index in [4.69, 9.17) is 15.3 Å². The molecule has 0 amide bonds. The Balaban J connectivity index is 0.00000220. The summed E-state index contributed by atoms with van der Waals surface area (Å²) in [5.74, 6) is 0.468. The van der Waals surface area contributed by atoms with Crippen LogP contribution in [0.15, 0.2) is 40.8 Å². The molecule has 2 aromatic rings. The van der Waals surface area contributed by atoms with Crippen molar-refractivity contribution < 1.29 is 27.4 Å². The first kappa shape index (κ1) is 17.4. The van der Waals surface area contributed by atoms with Crippen molar-refractivity contribution in [2.45, 2.75) is 19.0 Å². The molecular formula is C13H13ClF3NO3. The maximum atomic E-state index is 12.0. The summed E-state index contributed by atoms with van der Waals surface area (Å²) < 4.78 is 45.1. The molecule has 0 aliphatic carbocycles. The number of aliphatic hydroxyl groups excluding tert-OH is 1. The molecule has 21 heavy (non-hydrogen) atoms. The van der Waals surface area contributed by atoms with Crippen LogP contribution in [0, 0.1) is 0 Å². The first-order valence-corrected chi connectivity index (χ1v) is 5.70. The highest BCUT2D eigenvalue weighted by Crippen LogP contribution is 2.26. The molecule has 0 saturated heterocycles. The maximum absolute atomic E-state index is 12.0. The van der Waals surface area contributed by atoms with E-state index in [-0.39, 0.29) is 24.8 Å². The van der Waals surface area contributed by atoms with Gasteiger partial charge in [0.15, 0.2) is 0 Å². The van der Waals surface area contributed by atoms with Crippen LogP contribution in [-0.4, -0.2) is 11.5 Å². The number of benzene rings is 1. The van der Waals surface area contributed by atoms with Crippen molar-refractivity contribution in [2.24, 2.45) is 5.73 Å². The summed E-state index contributed by atoms with van der Waals surface area (Å²) in [4.78, 5) is 0. The molecule has 1 atom stereocenters. The average Bonchev–Trinajstić information content (AvgIpc) is 2.85. The van der Waals surface area contributed by atoms with Crippen LogP contribution in [0.5, 0.6) is 5.75 Å². The van der Waals surface area contributed by atoms with Gasteiger partial charge in [-0.1, -0.05) is 12.1 Å². The van der Waals surface area contributed by atoms with Crippen LogP contribution in [0.3, 0.4) is 0 Å². The zero-order valence-corrected chi connectivity index (χ0v) is 11.4. The van der Waals surface area contributed by atoms with E-state index >= 15 is 0 Å². The number of aliphatic hydroxyl groups is 1. The van der Waals surface area contributed by atoms with Crippen LogP contribution < -0.4 is 10.5 Å². The maximum Gasteiger partial charge on any atom is 0.573 e. The minimum atomic E-state index is -4.72. The first-order valence-electron chi connectivity index (χ1n) is 5.70. The van der Waals surface area contributed by atoms with Crippen LogP contribution in [0.2, 0.25) is 0 Å². The van der Waals surface area contributed by atoms with E-state index < -0.39 is 12.4 Å². The summed E-state index contributed by atoms with van der Waals surface area (Å²) in [6.45, 7) is -0.245. The number of halogens is 4. The topological polar surface area (TPSA) is 68.6 Å². The van der Waals surface area contributed by atoms with Gasteiger partial charge in [0.05, 0.1) is 6.04 Å². The molecule has 116 valence electrons. The Morgan fingerprint density at radius 2 is 1.76 bits per heavy atom. The van der Waals surface area contributed by atoms with Gasteiger partial charge in [-0.25, -0.2) is 0 Å². The largest absolute Gasteiger partial charge is 0.573 e. The highest BCUT2D eigenvalue weighted by Gasteiger charge is 2.31. The summed E-state index contributed by atoms with van der Waals surface area (Å²) in [5, 5.41) is 8.89. The fraction of sp³-hybridized carbons (Fsp3) is 0.231. The fourth-order valence-corrected chi connectivity index (χ4v) is 1.69. The summed E-state index contributed by atoms with van der Waals surface area (Å²) in [5.41, 5.74) is 6.49. The third-order valence-corrected chi connectivity index (χ3v) is 2.62. The second-order valence-electron chi connectivity index (χ2n) is 4.06. The second kappa shape index (κ2) is 6.84. The van der Waals surface area contributed by atoms with Gasteiger partial charge >= 0.3 is 6.36 Å². The minimum absolute atomic E-state index is 0. The number of hydrogen-bond acceptors (Lipinski definition) is 4. The molecule has 3 N–H and O–H groups in total. The molecule has 4 nitrogen and oxygen atoms in total.